The van der Waals surface area contributed by atoms with Gasteiger partial charge >= 0.3 is 0 Å². The fraction of sp³-hybridized carbons (Fsp3) is 0.100. The van der Waals surface area contributed by atoms with Gasteiger partial charge in [0.1, 0.15) is 0 Å². The summed E-state index contributed by atoms with van der Waals surface area (Å²) in [6, 6.07) is 0. The number of Topliss-reactive ketones (excluding diaryl/α,β-unsaturated/α-hetero) is 1. The van der Waals surface area contributed by atoms with Crippen LogP contribution in [0.5, 0.6) is 0 Å². The Morgan fingerprint density at radius 3 is 2.92 bits per heavy atom. The first-order valence-corrected chi connectivity index (χ1v) is 3.97. The molecule has 0 saturated carbocycles. The zero-order valence-corrected chi connectivity index (χ0v) is 6.86. The summed E-state index contributed by atoms with van der Waals surface area (Å²) in [6.07, 6.45) is 8.00. The predicted molar refractivity (Wildman–Crippen MR) is 48.4 cm³/mol. The molecular weight excluding hydrogens is 166 g/mol. The molecule has 0 N–H and O–H groups in total. The number of carbonyl (C=O) groups is 2. The van der Waals surface area contributed by atoms with Crippen molar-refractivity contribution < 1.29 is 9.59 Å². The second-order valence-electron chi connectivity index (χ2n) is 2.85. The van der Waals surface area contributed by atoms with Crippen LogP contribution in [0.25, 0.3) is 0 Å². The molecule has 0 aromatic rings. The highest BCUT2D eigenvalue weighted by Crippen LogP contribution is 2.19. The van der Waals surface area contributed by atoms with E-state index < -0.39 is 0 Å². The van der Waals surface area contributed by atoms with Gasteiger partial charge in [0, 0.05) is 12.5 Å². The van der Waals surface area contributed by atoms with Crippen molar-refractivity contribution in [1.29, 1.82) is 0 Å². The summed E-state index contributed by atoms with van der Waals surface area (Å²) in [4.78, 5) is 25.9. The van der Waals surface area contributed by atoms with Gasteiger partial charge in [-0.25, -0.2) is 0 Å². The van der Waals surface area contributed by atoms with E-state index in [-0.39, 0.29) is 11.6 Å². The van der Waals surface area contributed by atoms with Crippen LogP contribution in [0.2, 0.25) is 0 Å². The molecule has 0 fully saturated rings. The summed E-state index contributed by atoms with van der Waals surface area (Å²) in [5, 5.41) is 0. The molecule has 1 aliphatic carbocycles. The van der Waals surface area contributed by atoms with Crippen LogP contribution in [0.3, 0.4) is 0 Å². The summed E-state index contributed by atoms with van der Waals surface area (Å²) < 4.78 is 0. The van der Waals surface area contributed by atoms with E-state index in [2.05, 4.69) is 4.99 Å². The molecule has 0 bridgehead atoms. The maximum Gasteiger partial charge on any atom is 0.180 e. The van der Waals surface area contributed by atoms with Crippen molar-refractivity contribution in [3.8, 4) is 0 Å². The molecule has 0 spiro atoms. The van der Waals surface area contributed by atoms with E-state index in [9.17, 15) is 9.59 Å². The first-order valence-electron chi connectivity index (χ1n) is 3.97. The van der Waals surface area contributed by atoms with E-state index in [1.807, 2.05) is 0 Å². The number of ketones is 2. The second-order valence-corrected chi connectivity index (χ2v) is 2.85. The number of allylic oxidation sites excluding steroid dienone is 4. The summed E-state index contributed by atoms with van der Waals surface area (Å²) in [5.41, 5.74) is 1.43. The van der Waals surface area contributed by atoms with E-state index in [4.69, 9.17) is 0 Å². The lowest BCUT2D eigenvalue weighted by atomic mass is 10.0. The van der Waals surface area contributed by atoms with Crippen molar-refractivity contribution in [2.45, 2.75) is 6.42 Å². The monoisotopic (exact) mass is 173 g/mol. The van der Waals surface area contributed by atoms with Crippen LogP contribution in [0.1, 0.15) is 6.42 Å². The Hall–Kier alpha value is -1.77. The fourth-order valence-electron chi connectivity index (χ4n) is 1.21. The fourth-order valence-corrected chi connectivity index (χ4v) is 1.21. The Morgan fingerprint density at radius 1 is 1.23 bits per heavy atom. The Balaban J connectivity index is 2.46. The molecule has 0 amide bonds. The summed E-state index contributed by atoms with van der Waals surface area (Å²) in [7, 11) is 0. The average Bonchev–Trinajstić information content (AvgIpc) is 2.29. The highest BCUT2D eigenvalue weighted by molar-refractivity contribution is 6.28. The van der Waals surface area contributed by atoms with Crippen molar-refractivity contribution >= 4 is 17.8 Å². The lowest BCUT2D eigenvalue weighted by molar-refractivity contribution is -0.112. The molecular formula is C10H7NO2. The van der Waals surface area contributed by atoms with Crippen LogP contribution in [-0.4, -0.2) is 17.8 Å². The van der Waals surface area contributed by atoms with Crippen LogP contribution in [0, 0.1) is 0 Å². The van der Waals surface area contributed by atoms with Gasteiger partial charge in [0.2, 0.25) is 0 Å². The minimum absolute atomic E-state index is 0.0383. The predicted octanol–water partition coefficient (Wildman–Crippen LogP) is 0.979. The molecule has 0 aromatic heterocycles. The summed E-state index contributed by atoms with van der Waals surface area (Å²) >= 11 is 0. The van der Waals surface area contributed by atoms with Crippen molar-refractivity contribution in [2.75, 3.05) is 0 Å². The number of hydrogen-bond donors (Lipinski definition) is 0. The van der Waals surface area contributed by atoms with E-state index in [0.29, 0.717) is 12.1 Å². The molecule has 13 heavy (non-hydrogen) atoms. The van der Waals surface area contributed by atoms with Crippen LogP contribution in [-0.2, 0) is 9.59 Å². The third-order valence-corrected chi connectivity index (χ3v) is 1.87. The zero-order valence-electron chi connectivity index (χ0n) is 6.86. The number of aliphatic imine (C=N–C) groups is 1. The number of hydrogen-bond acceptors (Lipinski definition) is 3. The number of nitrogens with zero attached hydrogens (tertiary/aromatic N) is 1. The number of rotatable bonds is 0. The normalized spacial score (nSPS) is 20.6. The smallest absolute Gasteiger partial charge is 0.180 e. The molecule has 0 radical (unpaired) electrons. The number of carbonyl (C=O) groups excluding carboxylic acids is 2. The molecule has 0 aromatic carbocycles. The molecule has 0 saturated heterocycles. The first kappa shape index (κ1) is 7.86. The molecule has 3 heteroatoms. The Bertz CT molecular complexity index is 397. The quantitative estimate of drug-likeness (QED) is 0.548. The molecule has 2 aliphatic rings. The van der Waals surface area contributed by atoms with Gasteiger partial charge in [0.25, 0.3) is 0 Å². The van der Waals surface area contributed by atoms with Gasteiger partial charge in [-0.3, -0.25) is 14.6 Å². The van der Waals surface area contributed by atoms with Crippen molar-refractivity contribution in [3.05, 3.63) is 35.6 Å². The van der Waals surface area contributed by atoms with Crippen LogP contribution in [0.4, 0.5) is 0 Å². The van der Waals surface area contributed by atoms with Gasteiger partial charge in [-0.15, -0.1) is 0 Å². The van der Waals surface area contributed by atoms with Crippen LogP contribution < -0.4 is 0 Å². The molecule has 64 valence electrons. The molecule has 3 nitrogen and oxygen atoms in total. The van der Waals surface area contributed by atoms with Crippen molar-refractivity contribution in [2.24, 2.45) is 4.99 Å². The van der Waals surface area contributed by atoms with Crippen LogP contribution >= 0.6 is 0 Å². The van der Waals surface area contributed by atoms with E-state index in [0.717, 1.165) is 5.57 Å². The largest absolute Gasteiger partial charge is 0.293 e. The van der Waals surface area contributed by atoms with Gasteiger partial charge < -0.3 is 0 Å². The lowest BCUT2D eigenvalue weighted by Gasteiger charge is -2.03. The highest BCUT2D eigenvalue weighted by Gasteiger charge is 2.11. The average molecular weight is 173 g/mol. The van der Waals surface area contributed by atoms with Crippen LogP contribution in [0.15, 0.2) is 40.6 Å². The highest BCUT2D eigenvalue weighted by atomic mass is 16.1. The lowest BCUT2D eigenvalue weighted by Crippen LogP contribution is -1.97. The topological polar surface area (TPSA) is 46.5 Å². The van der Waals surface area contributed by atoms with Gasteiger partial charge in [-0.1, -0.05) is 6.08 Å². The SMILES string of the molecule is O=C1C=CC2=CCC(=O)C=NC2=C1. The molecule has 1 aliphatic heterocycles. The standard InChI is InChI=1S/C10H7NO2/c12-8-3-1-7-2-4-9(13)6-11-10(7)5-8/h1-3,5-6H,4H2. The van der Waals surface area contributed by atoms with Gasteiger partial charge in [-0.05, 0) is 17.7 Å². The van der Waals surface area contributed by atoms with Crippen molar-refractivity contribution in [1.82, 2.24) is 0 Å². The molecule has 1 heterocycles. The Morgan fingerprint density at radius 2 is 2.08 bits per heavy atom. The Kier molecular flexibility index (Phi) is 1.77. The maximum absolute atomic E-state index is 11.0. The Labute approximate surface area is 75.2 Å². The minimum atomic E-state index is -0.0846. The van der Waals surface area contributed by atoms with E-state index >= 15 is 0 Å². The minimum Gasteiger partial charge on any atom is -0.293 e. The summed E-state index contributed by atoms with van der Waals surface area (Å²) in [5.74, 6) is -0.123. The van der Waals surface area contributed by atoms with Gasteiger partial charge in [0.05, 0.1) is 11.9 Å². The number of fused-ring (bicyclic) bond motifs is 1. The third kappa shape index (κ3) is 1.54. The third-order valence-electron chi connectivity index (χ3n) is 1.87. The molecule has 0 atom stereocenters. The zero-order chi connectivity index (χ0) is 9.26. The van der Waals surface area contributed by atoms with Gasteiger partial charge in [0.15, 0.2) is 11.6 Å². The summed E-state index contributed by atoms with van der Waals surface area (Å²) in [6.45, 7) is 0. The first-order chi connectivity index (χ1) is 6.25. The van der Waals surface area contributed by atoms with E-state index in [1.165, 1.54) is 18.4 Å². The molecule has 2 rings (SSSR count). The molecule has 0 unspecified atom stereocenters. The second kappa shape index (κ2) is 2.94. The van der Waals surface area contributed by atoms with Gasteiger partial charge in [-0.2, -0.15) is 0 Å². The van der Waals surface area contributed by atoms with E-state index in [1.54, 1.807) is 12.2 Å². The van der Waals surface area contributed by atoms with Crippen molar-refractivity contribution in [3.63, 3.8) is 0 Å². The maximum atomic E-state index is 11.0.